The zero-order chi connectivity index (χ0) is 11.7. The van der Waals surface area contributed by atoms with Gasteiger partial charge >= 0.3 is 6.03 Å². The molecular weight excluding hydrogens is 251 g/mol. The van der Waals surface area contributed by atoms with Crippen LogP contribution in [0.2, 0.25) is 10.0 Å². The topological polar surface area (TPSA) is 49.4 Å². The Labute approximate surface area is 102 Å². The van der Waals surface area contributed by atoms with Gasteiger partial charge in [-0.05, 0) is 12.1 Å². The fourth-order valence-corrected chi connectivity index (χ4v) is 1.97. The van der Waals surface area contributed by atoms with Crippen molar-refractivity contribution in [2.75, 3.05) is 6.54 Å². The fourth-order valence-electron chi connectivity index (χ4n) is 1.46. The van der Waals surface area contributed by atoms with Gasteiger partial charge in [-0.3, -0.25) is 9.69 Å². The lowest BCUT2D eigenvalue weighted by Gasteiger charge is -2.14. The lowest BCUT2D eigenvalue weighted by molar-refractivity contribution is -0.125. The first-order chi connectivity index (χ1) is 7.59. The van der Waals surface area contributed by atoms with Crippen LogP contribution in [0.15, 0.2) is 18.2 Å². The molecule has 1 aliphatic heterocycles. The van der Waals surface area contributed by atoms with E-state index in [4.69, 9.17) is 23.2 Å². The summed E-state index contributed by atoms with van der Waals surface area (Å²) in [5.74, 6) is -0.277. The van der Waals surface area contributed by atoms with Crippen molar-refractivity contribution in [2.24, 2.45) is 0 Å². The zero-order valence-corrected chi connectivity index (χ0v) is 9.68. The summed E-state index contributed by atoms with van der Waals surface area (Å²) in [6.07, 6.45) is 0. The van der Waals surface area contributed by atoms with Crippen molar-refractivity contribution in [3.8, 4) is 0 Å². The molecule has 2 rings (SSSR count). The molecule has 0 saturated carbocycles. The van der Waals surface area contributed by atoms with Crippen molar-refractivity contribution in [3.63, 3.8) is 0 Å². The minimum Gasteiger partial charge on any atom is -0.329 e. The highest BCUT2D eigenvalue weighted by Crippen LogP contribution is 2.26. The number of halogens is 2. The van der Waals surface area contributed by atoms with Crippen LogP contribution in [0, 0.1) is 0 Å². The number of nitrogens with zero attached hydrogens (tertiary/aromatic N) is 1. The molecule has 0 aliphatic carbocycles. The molecule has 1 fully saturated rings. The van der Waals surface area contributed by atoms with E-state index in [-0.39, 0.29) is 19.0 Å². The summed E-state index contributed by atoms with van der Waals surface area (Å²) in [6.45, 7) is 0.129. The first-order valence-corrected chi connectivity index (χ1v) is 5.36. The van der Waals surface area contributed by atoms with Crippen LogP contribution < -0.4 is 5.32 Å². The van der Waals surface area contributed by atoms with Gasteiger partial charge in [-0.2, -0.15) is 0 Å². The molecule has 6 heteroatoms. The minimum absolute atomic E-state index is 0.0287. The summed E-state index contributed by atoms with van der Waals surface area (Å²) in [5, 5.41) is 3.32. The van der Waals surface area contributed by atoms with Gasteiger partial charge in [-0.15, -0.1) is 0 Å². The molecule has 1 N–H and O–H groups in total. The summed E-state index contributed by atoms with van der Waals surface area (Å²) < 4.78 is 0. The maximum absolute atomic E-state index is 11.4. The molecule has 1 aliphatic rings. The molecule has 1 heterocycles. The SMILES string of the molecule is O=C1CNC(=O)N1Cc1c(Cl)cccc1Cl. The monoisotopic (exact) mass is 258 g/mol. The van der Waals surface area contributed by atoms with E-state index < -0.39 is 6.03 Å². The van der Waals surface area contributed by atoms with E-state index in [9.17, 15) is 9.59 Å². The molecule has 0 bridgehead atoms. The number of amides is 3. The summed E-state index contributed by atoms with van der Waals surface area (Å²) >= 11 is 11.9. The van der Waals surface area contributed by atoms with Gasteiger partial charge in [0.1, 0.15) is 0 Å². The number of carbonyl (C=O) groups excluding carboxylic acids is 2. The van der Waals surface area contributed by atoms with E-state index in [1.54, 1.807) is 18.2 Å². The molecule has 1 aromatic carbocycles. The van der Waals surface area contributed by atoms with Crippen LogP contribution in [0.1, 0.15) is 5.56 Å². The van der Waals surface area contributed by atoms with E-state index in [1.165, 1.54) is 0 Å². The Morgan fingerprint density at radius 1 is 1.25 bits per heavy atom. The first kappa shape index (κ1) is 11.2. The maximum Gasteiger partial charge on any atom is 0.324 e. The van der Waals surface area contributed by atoms with E-state index in [2.05, 4.69) is 5.32 Å². The number of imide groups is 1. The molecule has 0 radical (unpaired) electrons. The van der Waals surface area contributed by atoms with Gasteiger partial charge in [0, 0.05) is 15.6 Å². The van der Waals surface area contributed by atoms with Gasteiger partial charge in [0.2, 0.25) is 5.91 Å². The number of carbonyl (C=O) groups is 2. The van der Waals surface area contributed by atoms with Crippen molar-refractivity contribution < 1.29 is 9.59 Å². The summed E-state index contributed by atoms with van der Waals surface area (Å²) in [4.78, 5) is 23.8. The second kappa shape index (κ2) is 4.31. The van der Waals surface area contributed by atoms with Crippen molar-refractivity contribution in [3.05, 3.63) is 33.8 Å². The molecule has 0 spiro atoms. The van der Waals surface area contributed by atoms with Crippen LogP contribution >= 0.6 is 23.2 Å². The molecule has 1 aromatic rings. The van der Waals surface area contributed by atoms with Crippen LogP contribution in [-0.2, 0) is 11.3 Å². The third-order valence-corrected chi connectivity index (χ3v) is 3.02. The number of hydrogen-bond donors (Lipinski definition) is 1. The Morgan fingerprint density at radius 2 is 1.88 bits per heavy atom. The van der Waals surface area contributed by atoms with E-state index >= 15 is 0 Å². The van der Waals surface area contributed by atoms with Crippen LogP contribution in [0.4, 0.5) is 4.79 Å². The molecule has 84 valence electrons. The highest BCUT2D eigenvalue weighted by molar-refractivity contribution is 6.36. The van der Waals surface area contributed by atoms with Gasteiger partial charge in [0.15, 0.2) is 0 Å². The summed E-state index contributed by atoms with van der Waals surface area (Å²) in [7, 11) is 0. The van der Waals surface area contributed by atoms with Crippen molar-refractivity contribution in [1.82, 2.24) is 10.2 Å². The highest BCUT2D eigenvalue weighted by atomic mass is 35.5. The average molecular weight is 259 g/mol. The van der Waals surface area contributed by atoms with Gasteiger partial charge in [0.25, 0.3) is 0 Å². The Kier molecular flexibility index (Phi) is 3.03. The average Bonchev–Trinajstić information content (AvgIpc) is 2.54. The number of nitrogens with one attached hydrogen (secondary N) is 1. The number of benzene rings is 1. The Bertz CT molecular complexity index is 426. The smallest absolute Gasteiger partial charge is 0.324 e. The van der Waals surface area contributed by atoms with Crippen LogP contribution in [0.3, 0.4) is 0 Å². The van der Waals surface area contributed by atoms with Gasteiger partial charge < -0.3 is 5.32 Å². The van der Waals surface area contributed by atoms with Gasteiger partial charge in [0.05, 0.1) is 13.1 Å². The quantitative estimate of drug-likeness (QED) is 0.826. The molecule has 0 unspecified atom stereocenters. The predicted molar refractivity (Wildman–Crippen MR) is 60.4 cm³/mol. The summed E-state index contributed by atoms with van der Waals surface area (Å²) in [6, 6.07) is 4.63. The molecule has 0 atom stereocenters. The third-order valence-electron chi connectivity index (χ3n) is 2.31. The molecular formula is C10H8Cl2N2O2. The number of urea groups is 1. The standard InChI is InChI=1S/C10H8Cl2N2O2/c11-7-2-1-3-8(12)6(7)5-14-9(15)4-13-10(14)16/h1-3H,4-5H2,(H,13,16). The third kappa shape index (κ3) is 1.99. The van der Waals surface area contributed by atoms with Crippen LogP contribution in [0.5, 0.6) is 0 Å². The van der Waals surface area contributed by atoms with Crippen molar-refractivity contribution in [1.29, 1.82) is 0 Å². The minimum atomic E-state index is -0.416. The Morgan fingerprint density at radius 3 is 2.38 bits per heavy atom. The molecule has 1 saturated heterocycles. The molecule has 4 nitrogen and oxygen atoms in total. The molecule has 0 aromatic heterocycles. The maximum atomic E-state index is 11.4. The Balaban J connectivity index is 2.27. The molecule has 16 heavy (non-hydrogen) atoms. The molecule has 3 amide bonds. The Hall–Kier alpha value is -1.26. The first-order valence-electron chi connectivity index (χ1n) is 4.60. The lowest BCUT2D eigenvalue weighted by atomic mass is 10.2. The lowest BCUT2D eigenvalue weighted by Crippen LogP contribution is -2.30. The number of rotatable bonds is 2. The van der Waals surface area contributed by atoms with Crippen LogP contribution in [0.25, 0.3) is 0 Å². The number of hydrogen-bond acceptors (Lipinski definition) is 2. The normalized spacial score (nSPS) is 15.5. The van der Waals surface area contributed by atoms with Crippen molar-refractivity contribution >= 4 is 35.1 Å². The largest absolute Gasteiger partial charge is 0.329 e. The summed E-state index contributed by atoms with van der Waals surface area (Å²) in [5.41, 5.74) is 0.580. The second-order valence-electron chi connectivity index (χ2n) is 3.34. The van der Waals surface area contributed by atoms with E-state index in [0.717, 1.165) is 4.90 Å². The van der Waals surface area contributed by atoms with Gasteiger partial charge in [-0.1, -0.05) is 29.3 Å². The fraction of sp³-hybridized carbons (Fsp3) is 0.200. The predicted octanol–water partition coefficient (Wildman–Crippen LogP) is 2.05. The van der Waals surface area contributed by atoms with Crippen LogP contribution in [-0.4, -0.2) is 23.4 Å². The van der Waals surface area contributed by atoms with E-state index in [0.29, 0.717) is 15.6 Å². The van der Waals surface area contributed by atoms with Gasteiger partial charge in [-0.25, -0.2) is 4.79 Å². The second-order valence-corrected chi connectivity index (χ2v) is 4.15. The van der Waals surface area contributed by atoms with Crippen molar-refractivity contribution in [2.45, 2.75) is 6.54 Å². The highest BCUT2D eigenvalue weighted by Gasteiger charge is 2.29. The van der Waals surface area contributed by atoms with E-state index in [1.807, 2.05) is 0 Å². The zero-order valence-electron chi connectivity index (χ0n) is 8.17.